The molecule has 1 aliphatic carbocycles. The van der Waals surface area contributed by atoms with E-state index in [9.17, 15) is 0 Å². The summed E-state index contributed by atoms with van der Waals surface area (Å²) in [7, 11) is 2.20. The number of nitrogens with zero attached hydrogens (tertiary/aromatic N) is 3. The summed E-state index contributed by atoms with van der Waals surface area (Å²) in [6.45, 7) is 6.88. The monoisotopic (exact) mass is 260 g/mol. The molecule has 1 aliphatic heterocycles. The fourth-order valence-electron chi connectivity index (χ4n) is 2.93. The average molecular weight is 260 g/mol. The van der Waals surface area contributed by atoms with Crippen LogP contribution in [0.25, 0.3) is 0 Å². The second-order valence-electron chi connectivity index (χ2n) is 5.73. The first-order chi connectivity index (χ1) is 9.31. The lowest BCUT2D eigenvalue weighted by Crippen LogP contribution is -2.45. The number of fused-ring (bicyclic) bond motifs is 1. The molecule has 1 aromatic rings. The highest BCUT2D eigenvalue weighted by Gasteiger charge is 2.14. The molecule has 1 N–H and O–H groups in total. The van der Waals surface area contributed by atoms with Gasteiger partial charge in [0.15, 0.2) is 0 Å². The van der Waals surface area contributed by atoms with Crippen molar-refractivity contribution < 1.29 is 0 Å². The van der Waals surface area contributed by atoms with Crippen molar-refractivity contribution in [3.05, 3.63) is 23.4 Å². The second-order valence-corrected chi connectivity index (χ2v) is 5.73. The van der Waals surface area contributed by atoms with Gasteiger partial charge in [0.1, 0.15) is 5.82 Å². The lowest BCUT2D eigenvalue weighted by molar-refractivity contribution is 0.158. The van der Waals surface area contributed by atoms with E-state index in [1.165, 1.54) is 50.3 Å². The minimum atomic E-state index is 0.996. The Labute approximate surface area is 115 Å². The quantitative estimate of drug-likeness (QED) is 0.882. The Balaban J connectivity index is 1.45. The van der Waals surface area contributed by atoms with Gasteiger partial charge in [0.2, 0.25) is 0 Å². The Kier molecular flexibility index (Phi) is 3.99. The van der Waals surface area contributed by atoms with Gasteiger partial charge in [-0.2, -0.15) is 0 Å². The molecule has 1 aromatic heterocycles. The van der Waals surface area contributed by atoms with Gasteiger partial charge < -0.3 is 10.2 Å². The summed E-state index contributed by atoms with van der Waals surface area (Å²) in [5, 5.41) is 3.47. The van der Waals surface area contributed by atoms with E-state index in [-0.39, 0.29) is 0 Å². The van der Waals surface area contributed by atoms with Gasteiger partial charge in [0.05, 0.1) is 0 Å². The number of aryl methyl sites for hydroxylation is 2. The molecule has 0 unspecified atom stereocenters. The van der Waals surface area contributed by atoms with E-state index in [1.54, 1.807) is 0 Å². The predicted molar refractivity (Wildman–Crippen MR) is 78.7 cm³/mol. The summed E-state index contributed by atoms with van der Waals surface area (Å²) in [6, 6.07) is 4.38. The number of aromatic nitrogens is 1. The molecule has 0 saturated carbocycles. The molecule has 19 heavy (non-hydrogen) atoms. The largest absolute Gasteiger partial charge is 0.369 e. The van der Waals surface area contributed by atoms with Crippen LogP contribution in [0.1, 0.15) is 17.7 Å². The molecule has 1 saturated heterocycles. The molecule has 0 atom stereocenters. The first kappa shape index (κ1) is 12.9. The van der Waals surface area contributed by atoms with Gasteiger partial charge in [-0.3, -0.25) is 4.90 Å². The van der Waals surface area contributed by atoms with Crippen LogP contribution in [0.4, 0.5) is 5.82 Å². The third-order valence-electron chi connectivity index (χ3n) is 4.26. The van der Waals surface area contributed by atoms with Crippen LogP contribution in [0, 0.1) is 0 Å². The van der Waals surface area contributed by atoms with Gasteiger partial charge in [-0.25, -0.2) is 4.98 Å². The normalized spacial score (nSPS) is 20.5. The maximum atomic E-state index is 4.71. The molecule has 4 nitrogen and oxygen atoms in total. The van der Waals surface area contributed by atoms with Crippen LogP contribution < -0.4 is 5.32 Å². The summed E-state index contributed by atoms with van der Waals surface area (Å²) in [4.78, 5) is 9.63. The van der Waals surface area contributed by atoms with Crippen molar-refractivity contribution in [3.8, 4) is 0 Å². The van der Waals surface area contributed by atoms with Gasteiger partial charge in [0.25, 0.3) is 0 Å². The highest BCUT2D eigenvalue weighted by molar-refractivity contribution is 5.40. The third kappa shape index (κ3) is 3.25. The molecule has 0 aromatic carbocycles. The number of piperazine rings is 1. The average Bonchev–Trinajstić information content (AvgIpc) is 2.88. The standard InChI is InChI=1S/C15H24N4/c1-18-9-11-19(12-10-18)8-7-16-15-6-5-13-3-2-4-14(13)17-15/h5-6H,2-4,7-12H2,1H3,(H,16,17). The van der Waals surface area contributed by atoms with E-state index in [4.69, 9.17) is 4.98 Å². The first-order valence-corrected chi connectivity index (χ1v) is 7.45. The molecular weight excluding hydrogens is 236 g/mol. The van der Waals surface area contributed by atoms with Crippen molar-refractivity contribution in [2.45, 2.75) is 19.3 Å². The smallest absolute Gasteiger partial charge is 0.126 e. The maximum absolute atomic E-state index is 4.71. The number of pyridine rings is 1. The maximum Gasteiger partial charge on any atom is 0.126 e. The summed E-state index contributed by atoms with van der Waals surface area (Å²) < 4.78 is 0. The molecule has 3 rings (SSSR count). The van der Waals surface area contributed by atoms with Crippen LogP contribution >= 0.6 is 0 Å². The summed E-state index contributed by atoms with van der Waals surface area (Å²) in [6.07, 6.45) is 3.64. The topological polar surface area (TPSA) is 31.4 Å². The number of rotatable bonds is 4. The Morgan fingerprint density at radius 2 is 2.00 bits per heavy atom. The number of nitrogens with one attached hydrogen (secondary N) is 1. The van der Waals surface area contributed by atoms with E-state index in [2.05, 4.69) is 34.3 Å². The van der Waals surface area contributed by atoms with Crippen LogP contribution in [-0.4, -0.2) is 61.1 Å². The Morgan fingerprint density at radius 3 is 2.84 bits per heavy atom. The fourth-order valence-corrected chi connectivity index (χ4v) is 2.93. The number of hydrogen-bond donors (Lipinski definition) is 1. The van der Waals surface area contributed by atoms with Crippen molar-refractivity contribution in [1.82, 2.24) is 14.8 Å². The minimum absolute atomic E-state index is 0.996. The zero-order chi connectivity index (χ0) is 13.1. The molecular formula is C15H24N4. The lowest BCUT2D eigenvalue weighted by Gasteiger charge is -2.32. The van der Waals surface area contributed by atoms with Gasteiger partial charge in [-0.1, -0.05) is 6.07 Å². The summed E-state index contributed by atoms with van der Waals surface area (Å²) >= 11 is 0. The Hall–Kier alpha value is -1.13. The van der Waals surface area contributed by atoms with Crippen molar-refractivity contribution in [1.29, 1.82) is 0 Å². The zero-order valence-electron chi connectivity index (χ0n) is 11.9. The lowest BCUT2D eigenvalue weighted by atomic mass is 10.2. The van der Waals surface area contributed by atoms with E-state index in [0.717, 1.165) is 25.3 Å². The zero-order valence-corrected chi connectivity index (χ0v) is 11.9. The van der Waals surface area contributed by atoms with Crippen molar-refractivity contribution in [2.24, 2.45) is 0 Å². The van der Waals surface area contributed by atoms with Gasteiger partial charge in [0, 0.05) is 45.0 Å². The van der Waals surface area contributed by atoms with E-state index < -0.39 is 0 Å². The number of hydrogen-bond acceptors (Lipinski definition) is 4. The van der Waals surface area contributed by atoms with Crippen LogP contribution in [0.5, 0.6) is 0 Å². The Bertz CT molecular complexity index is 424. The van der Waals surface area contributed by atoms with E-state index in [0.29, 0.717) is 0 Å². The molecule has 1 fully saturated rings. The van der Waals surface area contributed by atoms with Crippen LogP contribution in [0.3, 0.4) is 0 Å². The third-order valence-corrected chi connectivity index (χ3v) is 4.26. The molecule has 104 valence electrons. The van der Waals surface area contributed by atoms with E-state index >= 15 is 0 Å². The van der Waals surface area contributed by atoms with Crippen LogP contribution in [0.15, 0.2) is 12.1 Å². The summed E-state index contributed by atoms with van der Waals surface area (Å²) in [5.74, 6) is 1.05. The molecule has 2 aliphatic rings. The van der Waals surface area contributed by atoms with Crippen LogP contribution in [-0.2, 0) is 12.8 Å². The molecule has 0 bridgehead atoms. The van der Waals surface area contributed by atoms with Crippen molar-refractivity contribution in [3.63, 3.8) is 0 Å². The summed E-state index contributed by atoms with van der Waals surface area (Å²) in [5.41, 5.74) is 2.76. The fraction of sp³-hybridized carbons (Fsp3) is 0.667. The van der Waals surface area contributed by atoms with E-state index in [1.807, 2.05) is 0 Å². The molecule has 0 amide bonds. The SMILES string of the molecule is CN1CCN(CCNc2ccc3c(n2)CCC3)CC1. The van der Waals surface area contributed by atoms with Gasteiger partial charge in [-0.05, 0) is 37.9 Å². The highest BCUT2D eigenvalue weighted by Crippen LogP contribution is 2.21. The Morgan fingerprint density at radius 1 is 1.16 bits per heavy atom. The van der Waals surface area contributed by atoms with Crippen molar-refractivity contribution in [2.75, 3.05) is 51.6 Å². The minimum Gasteiger partial charge on any atom is -0.369 e. The molecule has 2 heterocycles. The number of likely N-dealkylation sites (N-methyl/N-ethyl adjacent to an activating group) is 1. The highest BCUT2D eigenvalue weighted by atomic mass is 15.2. The molecule has 0 radical (unpaired) electrons. The van der Waals surface area contributed by atoms with Crippen LogP contribution in [0.2, 0.25) is 0 Å². The van der Waals surface area contributed by atoms with Gasteiger partial charge in [-0.15, -0.1) is 0 Å². The van der Waals surface area contributed by atoms with Gasteiger partial charge >= 0.3 is 0 Å². The van der Waals surface area contributed by atoms with Crippen molar-refractivity contribution >= 4 is 5.82 Å². The second kappa shape index (κ2) is 5.88. The molecule has 0 spiro atoms. The molecule has 4 heteroatoms. The number of anilines is 1. The first-order valence-electron chi connectivity index (χ1n) is 7.45. The predicted octanol–water partition coefficient (Wildman–Crippen LogP) is 1.23.